The molecule has 0 aromatic carbocycles. The van der Waals surface area contributed by atoms with Gasteiger partial charge in [0.05, 0.1) is 38.5 Å². The number of likely N-dealkylation sites (tertiary alicyclic amines) is 1. The number of amides is 2. The van der Waals surface area contributed by atoms with Gasteiger partial charge in [-0.05, 0) is 90.3 Å². The van der Waals surface area contributed by atoms with Crippen molar-refractivity contribution in [3.05, 3.63) is 0 Å². The van der Waals surface area contributed by atoms with Gasteiger partial charge >= 0.3 is 31.7 Å². The minimum Gasteiger partial charge on any atom is -0.462 e. The van der Waals surface area contributed by atoms with Crippen LogP contribution in [0.4, 0.5) is 0 Å². The molecule has 9 atom stereocenters. The Kier molecular flexibility index (Phi) is 68.8. The number of esters is 4. The number of aliphatic hydroxyl groups is 1. The van der Waals surface area contributed by atoms with Crippen LogP contribution >= 0.6 is 7.82 Å². The van der Waals surface area contributed by atoms with E-state index in [2.05, 4.69) is 72.5 Å². The number of rotatable bonds is 74. The Balaban J connectivity index is 0.00000820. The summed E-state index contributed by atoms with van der Waals surface area (Å²) in [6.45, 7) is 22.6. The SMILES string of the molecule is CCCCCCCCCCC[C@H](CC(=O)N[C@H]1[C@H](OC[C@@H]2CCCN2C(=O)C[C@@H](CCCCCCCCCCC)OC(=O)CCCCCCCCC)O[C@H](CO)[C@@H](OP(=O)(O)O)[C@@H]1OC(=O)C[C@@H](CCCCCCCCCCC)OC(=O)CCCCCCCCC)OC(=O)CCCCCCCCC.CCN(CC)CC. The fourth-order valence-electron chi connectivity index (χ4n) is 15.2. The highest BCUT2D eigenvalue weighted by molar-refractivity contribution is 7.46. The van der Waals surface area contributed by atoms with Crippen LogP contribution in [0.5, 0.6) is 0 Å². The first-order chi connectivity index (χ1) is 53.4. The molecule has 0 aromatic rings. The summed E-state index contributed by atoms with van der Waals surface area (Å²) in [7, 11) is -5.47. The summed E-state index contributed by atoms with van der Waals surface area (Å²) in [6.07, 6.45) is 43.7. The molecule has 648 valence electrons. The summed E-state index contributed by atoms with van der Waals surface area (Å²) in [5.41, 5.74) is 0. The fraction of sp³-hybridized carbons (Fsp3) is 0.933. The lowest BCUT2D eigenvalue weighted by atomic mass is 9.95. The molecule has 2 rings (SSSR count). The number of phosphoric acid groups is 1. The molecule has 0 unspecified atom stereocenters. The molecule has 21 heteroatoms. The third kappa shape index (κ3) is 56.9. The van der Waals surface area contributed by atoms with Crippen LogP contribution in [0.1, 0.15) is 441 Å². The topological polar surface area (TPSA) is 263 Å². The van der Waals surface area contributed by atoms with Crippen molar-refractivity contribution in [2.45, 2.75) is 496 Å². The summed E-state index contributed by atoms with van der Waals surface area (Å²) in [5, 5.41) is 14.0. The van der Waals surface area contributed by atoms with E-state index in [1.54, 1.807) is 4.90 Å². The second-order valence-corrected chi connectivity index (χ2v) is 33.3. The van der Waals surface area contributed by atoms with Gasteiger partial charge in [-0.1, -0.05) is 332 Å². The third-order valence-electron chi connectivity index (χ3n) is 22.1. The monoisotopic (exact) mass is 1580 g/mol. The van der Waals surface area contributed by atoms with E-state index in [0.29, 0.717) is 64.3 Å². The van der Waals surface area contributed by atoms with Gasteiger partial charge in [0.15, 0.2) is 12.4 Å². The molecule has 110 heavy (non-hydrogen) atoms. The van der Waals surface area contributed by atoms with E-state index >= 15 is 0 Å². The summed E-state index contributed by atoms with van der Waals surface area (Å²) >= 11 is 0. The number of carbonyl (C=O) groups excluding carboxylic acids is 6. The molecule has 2 amide bonds. The Hall–Kier alpha value is -3.23. The van der Waals surface area contributed by atoms with E-state index in [0.717, 1.165) is 167 Å². The molecule has 0 saturated carbocycles. The molecular weight excluding hydrogens is 1410 g/mol. The lowest BCUT2D eigenvalue weighted by Gasteiger charge is -2.45. The van der Waals surface area contributed by atoms with Gasteiger partial charge in [-0.3, -0.25) is 33.3 Å². The maximum Gasteiger partial charge on any atom is 0.470 e. The zero-order chi connectivity index (χ0) is 80.9. The normalized spacial score (nSPS) is 18.0. The second-order valence-electron chi connectivity index (χ2n) is 32.1. The molecule has 2 saturated heterocycles. The van der Waals surface area contributed by atoms with Crippen molar-refractivity contribution in [2.24, 2.45) is 0 Å². The lowest BCUT2D eigenvalue weighted by Crippen LogP contribution is -2.66. The molecule has 2 fully saturated rings. The van der Waals surface area contributed by atoms with Crippen molar-refractivity contribution < 1.29 is 81.2 Å². The Morgan fingerprint density at radius 1 is 0.436 bits per heavy atom. The van der Waals surface area contributed by atoms with E-state index in [1.807, 2.05) is 0 Å². The molecule has 20 nitrogen and oxygen atoms in total. The van der Waals surface area contributed by atoms with Crippen molar-refractivity contribution in [3.63, 3.8) is 0 Å². The smallest absolute Gasteiger partial charge is 0.462 e. The average Bonchev–Trinajstić information content (AvgIpc) is 0.981. The van der Waals surface area contributed by atoms with Crippen molar-refractivity contribution in [1.29, 1.82) is 0 Å². The van der Waals surface area contributed by atoms with Gasteiger partial charge < -0.3 is 58.4 Å². The minimum atomic E-state index is -5.47. The molecule has 0 aromatic heterocycles. The van der Waals surface area contributed by atoms with E-state index in [9.17, 15) is 48.2 Å². The third-order valence-corrected chi connectivity index (χ3v) is 22.6. The van der Waals surface area contributed by atoms with E-state index in [4.69, 9.17) is 32.9 Å². The lowest BCUT2D eigenvalue weighted by molar-refractivity contribution is -0.273. The Labute approximate surface area is 672 Å². The van der Waals surface area contributed by atoms with Crippen LogP contribution in [0.15, 0.2) is 0 Å². The van der Waals surface area contributed by atoms with Crippen LogP contribution in [0.3, 0.4) is 0 Å². The van der Waals surface area contributed by atoms with Crippen LogP contribution in [-0.2, 0) is 66.3 Å². The zero-order valence-corrected chi connectivity index (χ0v) is 73.0. The summed E-state index contributed by atoms with van der Waals surface area (Å²) in [6, 6.07) is -2.10. The number of nitrogens with one attached hydrogen (secondary N) is 1. The quantitative estimate of drug-likeness (QED) is 0.0191. The maximum absolute atomic E-state index is 14.9. The van der Waals surface area contributed by atoms with Crippen molar-refractivity contribution in [2.75, 3.05) is 39.4 Å². The number of hydrogen-bond donors (Lipinski definition) is 4. The van der Waals surface area contributed by atoms with Crippen molar-refractivity contribution in [1.82, 2.24) is 15.1 Å². The number of nitrogens with zero attached hydrogens (tertiary/aromatic N) is 2. The van der Waals surface area contributed by atoms with E-state index in [1.165, 1.54) is 135 Å². The van der Waals surface area contributed by atoms with Gasteiger partial charge in [-0.25, -0.2) is 4.57 Å². The van der Waals surface area contributed by atoms with Crippen molar-refractivity contribution >= 4 is 43.5 Å². The molecule has 2 heterocycles. The maximum atomic E-state index is 14.9. The number of ether oxygens (including phenoxy) is 6. The number of carbonyl (C=O) groups is 6. The minimum absolute atomic E-state index is 0.0146. The van der Waals surface area contributed by atoms with Crippen molar-refractivity contribution in [3.8, 4) is 0 Å². The highest BCUT2D eigenvalue weighted by atomic mass is 31.2. The molecule has 2 aliphatic heterocycles. The average molecular weight is 1590 g/mol. The molecule has 2 aliphatic rings. The first kappa shape index (κ1) is 105. The Morgan fingerprint density at radius 3 is 1.09 bits per heavy atom. The zero-order valence-electron chi connectivity index (χ0n) is 72.1. The van der Waals surface area contributed by atoms with Gasteiger partial charge in [0.25, 0.3) is 0 Å². The molecule has 0 spiro atoms. The summed E-state index contributed by atoms with van der Waals surface area (Å²) < 4.78 is 56.2. The molecule has 0 aliphatic carbocycles. The van der Waals surface area contributed by atoms with Gasteiger partial charge in [-0.2, -0.15) is 0 Å². The predicted octanol–water partition coefficient (Wildman–Crippen LogP) is 22.0. The highest BCUT2D eigenvalue weighted by Crippen LogP contribution is 2.43. The molecule has 0 bridgehead atoms. The second kappa shape index (κ2) is 72.2. The first-order valence-corrected chi connectivity index (χ1v) is 47.6. The Bertz CT molecular complexity index is 2250. The largest absolute Gasteiger partial charge is 0.470 e. The summed E-state index contributed by atoms with van der Waals surface area (Å²) in [4.78, 5) is 110. The molecule has 0 radical (unpaired) electrons. The number of phosphoric ester groups is 1. The van der Waals surface area contributed by atoms with E-state index < -0.39 is 99.7 Å². The van der Waals surface area contributed by atoms with Gasteiger partial charge in [0.1, 0.15) is 36.6 Å². The fourth-order valence-corrected chi connectivity index (χ4v) is 15.8. The number of hydrogen-bond acceptors (Lipinski definition) is 16. The van der Waals surface area contributed by atoms with Crippen LogP contribution < -0.4 is 5.32 Å². The predicted molar refractivity (Wildman–Crippen MR) is 445 cm³/mol. The number of unbranched alkanes of at least 4 members (excludes halogenated alkanes) is 42. The van der Waals surface area contributed by atoms with Crippen LogP contribution in [0.25, 0.3) is 0 Å². The van der Waals surface area contributed by atoms with Crippen LogP contribution in [-0.4, -0.2) is 155 Å². The summed E-state index contributed by atoms with van der Waals surface area (Å²) in [5.74, 6) is -2.94. The van der Waals surface area contributed by atoms with Gasteiger partial charge in [-0.15, -0.1) is 0 Å². The molecule has 4 N–H and O–H groups in total. The Morgan fingerprint density at radius 2 is 0.764 bits per heavy atom. The standard InChI is InChI=1S/C83H155N2O17P.C6H15N/c1-7-13-19-25-31-34-40-43-49-57-70(97-76(89)60-52-46-37-28-22-16-10-4)64-74(87)84-80-82(101-79(92)66-72(59-51-45-42-36-33-27-21-15-9-3)99-78(91)62-54-48-39-30-24-18-12-6)81(102-103(93,94)95)73(67-86)100-83(80)96-68-69-56-55-63-85(69)75(88)65-71(58-50-44-41-35-32-26-20-14-8-2)98-77(90)61-53-47-38-29-23-17-11-5;1-4-7(5-2)6-3/h69-73,80-83,86H,7-68H2,1-6H3,(H,84,87)(H2,93,94,95);4-6H2,1-3H3/t69-,70+,71+,72+,73+,80+,81+,82+,83+;/m0./s1. The molecular formula is C89H170N3O17P. The van der Waals surface area contributed by atoms with Crippen LogP contribution in [0.2, 0.25) is 0 Å². The number of aliphatic hydroxyl groups excluding tert-OH is 1. The van der Waals surface area contributed by atoms with E-state index in [-0.39, 0.29) is 50.6 Å². The van der Waals surface area contributed by atoms with Crippen LogP contribution in [0, 0.1) is 0 Å². The van der Waals surface area contributed by atoms with Gasteiger partial charge in [0, 0.05) is 25.8 Å². The first-order valence-electron chi connectivity index (χ1n) is 46.1. The highest BCUT2D eigenvalue weighted by Gasteiger charge is 2.53. The van der Waals surface area contributed by atoms with Gasteiger partial charge in [0.2, 0.25) is 11.8 Å².